The van der Waals surface area contributed by atoms with E-state index in [4.69, 9.17) is 26.8 Å². The summed E-state index contributed by atoms with van der Waals surface area (Å²) < 4.78 is 11.3. The summed E-state index contributed by atoms with van der Waals surface area (Å²) in [6.45, 7) is 1.40. The fourth-order valence-corrected chi connectivity index (χ4v) is 2.68. The summed E-state index contributed by atoms with van der Waals surface area (Å²) in [5, 5.41) is 0.634. The van der Waals surface area contributed by atoms with Crippen LogP contribution < -0.4 is 15.2 Å². The van der Waals surface area contributed by atoms with E-state index in [-0.39, 0.29) is 5.41 Å². The summed E-state index contributed by atoms with van der Waals surface area (Å²) in [4.78, 5) is 0. The quantitative estimate of drug-likeness (QED) is 0.871. The van der Waals surface area contributed by atoms with Crippen LogP contribution >= 0.6 is 11.6 Å². The minimum Gasteiger partial charge on any atom is -0.493 e. The largest absolute Gasteiger partial charge is 0.493 e. The van der Waals surface area contributed by atoms with Gasteiger partial charge in [-0.15, -0.1) is 0 Å². The second kappa shape index (κ2) is 4.88. The molecule has 4 heteroatoms. The normalized spacial score (nSPS) is 20.2. The van der Waals surface area contributed by atoms with E-state index in [1.165, 1.54) is 18.4 Å². The minimum absolute atomic E-state index is 0.117. The second-order valence-corrected chi connectivity index (χ2v) is 6.14. The van der Waals surface area contributed by atoms with Crippen LogP contribution in [0.5, 0.6) is 11.5 Å². The molecule has 3 rings (SSSR count). The van der Waals surface area contributed by atoms with Crippen LogP contribution in [0.15, 0.2) is 12.1 Å². The first-order valence-electron chi connectivity index (χ1n) is 6.89. The Balaban J connectivity index is 1.87. The maximum Gasteiger partial charge on any atom is 0.179 e. The predicted molar refractivity (Wildman–Crippen MR) is 76.2 cm³/mol. The maximum absolute atomic E-state index is 6.36. The van der Waals surface area contributed by atoms with Gasteiger partial charge in [-0.05, 0) is 49.3 Å². The topological polar surface area (TPSA) is 44.5 Å². The Hall–Kier alpha value is -0.930. The zero-order valence-electron chi connectivity index (χ0n) is 11.2. The highest BCUT2D eigenvalue weighted by molar-refractivity contribution is 6.32. The van der Waals surface area contributed by atoms with Crippen molar-refractivity contribution in [3.63, 3.8) is 0 Å². The molecule has 2 aliphatic carbocycles. The van der Waals surface area contributed by atoms with E-state index in [1.807, 2.05) is 12.1 Å². The molecule has 2 aliphatic rings. The van der Waals surface area contributed by atoms with E-state index in [1.54, 1.807) is 7.11 Å². The van der Waals surface area contributed by atoms with E-state index in [2.05, 4.69) is 0 Å². The third kappa shape index (κ3) is 2.54. The number of ether oxygens (including phenoxy) is 2. The Kier molecular flexibility index (Phi) is 3.35. The van der Waals surface area contributed by atoms with Crippen LogP contribution in [0.3, 0.4) is 0 Å². The van der Waals surface area contributed by atoms with Gasteiger partial charge in [0, 0.05) is 12.0 Å². The van der Waals surface area contributed by atoms with Gasteiger partial charge in [-0.1, -0.05) is 11.6 Å². The summed E-state index contributed by atoms with van der Waals surface area (Å²) in [5.74, 6) is 2.09. The summed E-state index contributed by atoms with van der Waals surface area (Å²) >= 11 is 6.36. The number of nitrogens with two attached hydrogens (primary N) is 1. The molecule has 0 unspecified atom stereocenters. The van der Waals surface area contributed by atoms with Crippen molar-refractivity contribution in [1.82, 2.24) is 0 Å². The van der Waals surface area contributed by atoms with E-state index >= 15 is 0 Å². The zero-order valence-corrected chi connectivity index (χ0v) is 12.0. The second-order valence-electron chi connectivity index (χ2n) is 5.73. The van der Waals surface area contributed by atoms with Crippen molar-refractivity contribution in [3.05, 3.63) is 22.7 Å². The zero-order chi connectivity index (χ0) is 13.5. The Labute approximate surface area is 119 Å². The van der Waals surface area contributed by atoms with E-state index in [0.29, 0.717) is 23.2 Å². The molecule has 1 aromatic rings. The molecule has 2 saturated carbocycles. The van der Waals surface area contributed by atoms with Gasteiger partial charge in [0.05, 0.1) is 18.7 Å². The van der Waals surface area contributed by atoms with Crippen molar-refractivity contribution in [2.45, 2.75) is 31.1 Å². The molecule has 2 N–H and O–H groups in total. The molecule has 1 aromatic carbocycles. The SMILES string of the molecule is COc1cc(C2(CN)CC2)cc(Cl)c1OCC1CC1. The summed E-state index contributed by atoms with van der Waals surface area (Å²) in [5.41, 5.74) is 7.17. The highest BCUT2D eigenvalue weighted by atomic mass is 35.5. The fraction of sp³-hybridized carbons (Fsp3) is 0.600. The molecule has 0 amide bonds. The number of hydrogen-bond donors (Lipinski definition) is 1. The summed E-state index contributed by atoms with van der Waals surface area (Å²) in [6, 6.07) is 4.03. The minimum atomic E-state index is 0.117. The van der Waals surface area contributed by atoms with Gasteiger partial charge in [0.15, 0.2) is 11.5 Å². The number of methoxy groups -OCH3 is 1. The van der Waals surface area contributed by atoms with Crippen LogP contribution in [0.1, 0.15) is 31.2 Å². The van der Waals surface area contributed by atoms with Gasteiger partial charge in [-0.25, -0.2) is 0 Å². The lowest BCUT2D eigenvalue weighted by molar-refractivity contribution is 0.280. The van der Waals surface area contributed by atoms with Crippen molar-refractivity contribution in [2.24, 2.45) is 11.7 Å². The fourth-order valence-electron chi connectivity index (χ4n) is 2.41. The molecule has 0 heterocycles. The first-order chi connectivity index (χ1) is 9.18. The average Bonchev–Trinajstić information content (AvgIpc) is 3.29. The number of rotatable bonds is 6. The molecule has 19 heavy (non-hydrogen) atoms. The Morgan fingerprint density at radius 3 is 2.63 bits per heavy atom. The molecule has 104 valence electrons. The summed E-state index contributed by atoms with van der Waals surface area (Å²) in [7, 11) is 1.65. The number of halogens is 1. The Morgan fingerprint density at radius 1 is 1.37 bits per heavy atom. The highest BCUT2D eigenvalue weighted by Crippen LogP contribution is 2.50. The van der Waals surface area contributed by atoms with Crippen molar-refractivity contribution in [1.29, 1.82) is 0 Å². The number of hydrogen-bond acceptors (Lipinski definition) is 3. The lowest BCUT2D eigenvalue weighted by Gasteiger charge is -2.18. The van der Waals surface area contributed by atoms with Crippen LogP contribution in [0.2, 0.25) is 5.02 Å². The first kappa shape index (κ1) is 13.1. The lowest BCUT2D eigenvalue weighted by atomic mass is 9.96. The van der Waals surface area contributed by atoms with Crippen molar-refractivity contribution in [3.8, 4) is 11.5 Å². The van der Waals surface area contributed by atoms with Crippen LogP contribution in [0.4, 0.5) is 0 Å². The molecule has 0 saturated heterocycles. The monoisotopic (exact) mass is 281 g/mol. The number of benzene rings is 1. The van der Waals surface area contributed by atoms with Crippen LogP contribution in [-0.4, -0.2) is 20.3 Å². The molecule has 2 fully saturated rings. The lowest BCUT2D eigenvalue weighted by Crippen LogP contribution is -2.19. The molecule has 0 aliphatic heterocycles. The van der Waals surface area contributed by atoms with Crippen molar-refractivity contribution < 1.29 is 9.47 Å². The molecule has 0 atom stereocenters. The Bertz CT molecular complexity index is 481. The van der Waals surface area contributed by atoms with E-state index < -0.39 is 0 Å². The molecular weight excluding hydrogens is 262 g/mol. The van der Waals surface area contributed by atoms with Gasteiger partial charge in [0.2, 0.25) is 0 Å². The van der Waals surface area contributed by atoms with Gasteiger partial charge >= 0.3 is 0 Å². The van der Waals surface area contributed by atoms with Crippen LogP contribution in [0.25, 0.3) is 0 Å². The van der Waals surface area contributed by atoms with E-state index in [9.17, 15) is 0 Å². The highest BCUT2D eigenvalue weighted by Gasteiger charge is 2.43. The standard InChI is InChI=1S/C15H20ClNO2/c1-18-13-7-11(15(9-17)4-5-15)6-12(16)14(13)19-8-10-2-3-10/h6-7,10H,2-5,8-9,17H2,1H3. The smallest absolute Gasteiger partial charge is 0.179 e. The van der Waals surface area contributed by atoms with Gasteiger partial charge in [0.1, 0.15) is 0 Å². The van der Waals surface area contributed by atoms with Crippen molar-refractivity contribution in [2.75, 3.05) is 20.3 Å². The molecule has 3 nitrogen and oxygen atoms in total. The molecule has 0 bridgehead atoms. The van der Waals surface area contributed by atoms with Gasteiger partial charge < -0.3 is 15.2 Å². The van der Waals surface area contributed by atoms with Crippen LogP contribution in [0, 0.1) is 5.92 Å². The first-order valence-corrected chi connectivity index (χ1v) is 7.27. The third-order valence-electron chi connectivity index (χ3n) is 4.25. The Morgan fingerprint density at radius 2 is 2.11 bits per heavy atom. The molecule has 0 spiro atoms. The average molecular weight is 282 g/mol. The molecular formula is C15H20ClNO2. The van der Waals surface area contributed by atoms with Gasteiger partial charge in [-0.2, -0.15) is 0 Å². The van der Waals surface area contributed by atoms with Gasteiger partial charge in [-0.3, -0.25) is 0 Å². The van der Waals surface area contributed by atoms with Crippen molar-refractivity contribution >= 4 is 11.6 Å². The predicted octanol–water partition coefficient (Wildman–Crippen LogP) is 3.13. The van der Waals surface area contributed by atoms with Gasteiger partial charge in [0.25, 0.3) is 0 Å². The third-order valence-corrected chi connectivity index (χ3v) is 4.53. The molecule has 0 aromatic heterocycles. The van der Waals surface area contributed by atoms with E-state index in [0.717, 1.165) is 25.2 Å². The summed E-state index contributed by atoms with van der Waals surface area (Å²) in [6.07, 6.45) is 4.78. The maximum atomic E-state index is 6.36. The van der Waals surface area contributed by atoms with Crippen LogP contribution in [-0.2, 0) is 5.41 Å². The molecule has 0 radical (unpaired) electrons.